The summed E-state index contributed by atoms with van der Waals surface area (Å²) < 4.78 is 3.01. The van der Waals surface area contributed by atoms with Crippen molar-refractivity contribution in [3.8, 4) is 0 Å². The third-order valence-corrected chi connectivity index (χ3v) is 3.04. The van der Waals surface area contributed by atoms with Gasteiger partial charge < -0.3 is 0 Å². The minimum absolute atomic E-state index is 0.122. The molecule has 2 aromatic heterocycles. The van der Waals surface area contributed by atoms with E-state index >= 15 is 0 Å². The molecule has 4 nitrogen and oxygen atoms in total. The molecule has 0 aliphatic rings. The van der Waals surface area contributed by atoms with Gasteiger partial charge in [-0.2, -0.15) is 0 Å². The average molecular weight is 251 g/mol. The molecule has 0 N–H and O–H groups in total. The monoisotopic (exact) mass is 251 g/mol. The molecular weight excluding hydrogens is 238 g/mol. The molecule has 0 unspecified atom stereocenters. The zero-order chi connectivity index (χ0) is 13.2. The van der Waals surface area contributed by atoms with Crippen LogP contribution in [-0.4, -0.2) is 14.2 Å². The van der Waals surface area contributed by atoms with E-state index in [-0.39, 0.29) is 5.69 Å². The molecule has 0 spiro atoms. The van der Waals surface area contributed by atoms with Gasteiger partial charge in [-0.1, -0.05) is 43.0 Å². The molecular formula is C15H13N3O. The highest BCUT2D eigenvalue weighted by Crippen LogP contribution is 2.06. The Kier molecular flexibility index (Phi) is 2.76. The van der Waals surface area contributed by atoms with Gasteiger partial charge in [0.2, 0.25) is 0 Å². The van der Waals surface area contributed by atoms with E-state index in [2.05, 4.69) is 11.7 Å². The number of fused-ring (bicyclic) bond motifs is 1. The van der Waals surface area contributed by atoms with Crippen LogP contribution < -0.4 is 5.69 Å². The van der Waals surface area contributed by atoms with Gasteiger partial charge in [0.15, 0.2) is 5.65 Å². The van der Waals surface area contributed by atoms with E-state index in [0.717, 1.165) is 11.1 Å². The van der Waals surface area contributed by atoms with Gasteiger partial charge in [0.1, 0.15) is 0 Å². The SMILES string of the molecule is C=Cc1ccc(Cn2nc3ccccn3c2=O)cc1. The van der Waals surface area contributed by atoms with Gasteiger partial charge in [0.05, 0.1) is 6.54 Å². The predicted molar refractivity (Wildman–Crippen MR) is 75.1 cm³/mol. The summed E-state index contributed by atoms with van der Waals surface area (Å²) in [7, 11) is 0. The molecule has 1 aromatic carbocycles. The molecule has 94 valence electrons. The summed E-state index contributed by atoms with van der Waals surface area (Å²) in [6.45, 7) is 4.19. The van der Waals surface area contributed by atoms with Crippen molar-refractivity contribution in [2.75, 3.05) is 0 Å². The Bertz CT molecular complexity index is 781. The van der Waals surface area contributed by atoms with Gasteiger partial charge in [0.25, 0.3) is 0 Å². The van der Waals surface area contributed by atoms with E-state index in [1.165, 1.54) is 9.08 Å². The van der Waals surface area contributed by atoms with Crippen LogP contribution in [0.4, 0.5) is 0 Å². The summed E-state index contributed by atoms with van der Waals surface area (Å²) in [5.74, 6) is 0. The van der Waals surface area contributed by atoms with Crippen LogP contribution in [0, 0.1) is 0 Å². The molecule has 0 aliphatic heterocycles. The molecule has 0 saturated carbocycles. The Morgan fingerprint density at radius 3 is 2.63 bits per heavy atom. The molecule has 3 rings (SSSR count). The standard InChI is InChI=1S/C15H13N3O/c1-2-12-6-8-13(9-7-12)11-18-15(19)17-10-4-3-5-14(17)16-18/h2-10H,1,11H2. The number of hydrogen-bond donors (Lipinski definition) is 0. The highest BCUT2D eigenvalue weighted by atomic mass is 16.2. The van der Waals surface area contributed by atoms with Crippen LogP contribution in [0.2, 0.25) is 0 Å². The molecule has 0 amide bonds. The Labute approximate surface area is 110 Å². The quantitative estimate of drug-likeness (QED) is 0.715. The van der Waals surface area contributed by atoms with Crippen molar-refractivity contribution in [3.05, 3.63) is 76.9 Å². The Hall–Kier alpha value is -2.62. The van der Waals surface area contributed by atoms with E-state index < -0.39 is 0 Å². The third kappa shape index (κ3) is 2.08. The maximum absolute atomic E-state index is 12.1. The molecule has 4 heteroatoms. The van der Waals surface area contributed by atoms with Gasteiger partial charge >= 0.3 is 5.69 Å². The van der Waals surface area contributed by atoms with Crippen LogP contribution in [0.1, 0.15) is 11.1 Å². The van der Waals surface area contributed by atoms with Gasteiger partial charge in [0, 0.05) is 6.20 Å². The van der Waals surface area contributed by atoms with E-state index in [0.29, 0.717) is 12.2 Å². The lowest BCUT2D eigenvalue weighted by Gasteiger charge is -2.00. The maximum Gasteiger partial charge on any atom is 0.350 e. The van der Waals surface area contributed by atoms with Crippen molar-refractivity contribution in [1.29, 1.82) is 0 Å². The highest BCUT2D eigenvalue weighted by molar-refractivity contribution is 5.47. The zero-order valence-corrected chi connectivity index (χ0v) is 10.4. The van der Waals surface area contributed by atoms with Crippen molar-refractivity contribution >= 4 is 11.7 Å². The normalized spacial score (nSPS) is 10.7. The van der Waals surface area contributed by atoms with Gasteiger partial charge in [-0.05, 0) is 23.3 Å². The number of aromatic nitrogens is 3. The maximum atomic E-state index is 12.1. The largest absolute Gasteiger partial charge is 0.350 e. The second-order valence-corrected chi connectivity index (χ2v) is 4.31. The molecule has 0 fully saturated rings. The first-order valence-corrected chi connectivity index (χ1v) is 6.03. The summed E-state index contributed by atoms with van der Waals surface area (Å²) >= 11 is 0. The molecule has 0 bridgehead atoms. The smallest absolute Gasteiger partial charge is 0.250 e. The van der Waals surface area contributed by atoms with Gasteiger partial charge in [-0.25, -0.2) is 9.48 Å². The summed E-state index contributed by atoms with van der Waals surface area (Å²) in [6.07, 6.45) is 3.52. The van der Waals surface area contributed by atoms with Gasteiger partial charge in [-0.3, -0.25) is 4.40 Å². The van der Waals surface area contributed by atoms with Crippen molar-refractivity contribution in [2.24, 2.45) is 0 Å². The Morgan fingerprint density at radius 2 is 1.95 bits per heavy atom. The van der Waals surface area contributed by atoms with Crippen molar-refractivity contribution in [1.82, 2.24) is 14.2 Å². The first-order valence-electron chi connectivity index (χ1n) is 6.03. The van der Waals surface area contributed by atoms with Crippen LogP contribution in [0.25, 0.3) is 11.7 Å². The van der Waals surface area contributed by atoms with Crippen molar-refractivity contribution in [3.63, 3.8) is 0 Å². The minimum atomic E-state index is -0.122. The average Bonchev–Trinajstić information content (AvgIpc) is 2.77. The van der Waals surface area contributed by atoms with E-state index in [1.807, 2.05) is 42.5 Å². The lowest BCUT2D eigenvalue weighted by Crippen LogP contribution is -2.21. The summed E-state index contributed by atoms with van der Waals surface area (Å²) in [4.78, 5) is 12.1. The zero-order valence-electron chi connectivity index (χ0n) is 10.4. The topological polar surface area (TPSA) is 39.3 Å². The van der Waals surface area contributed by atoms with Crippen molar-refractivity contribution in [2.45, 2.75) is 6.54 Å². The Morgan fingerprint density at radius 1 is 1.16 bits per heavy atom. The highest BCUT2D eigenvalue weighted by Gasteiger charge is 2.05. The Balaban J connectivity index is 1.98. The fourth-order valence-electron chi connectivity index (χ4n) is 2.00. The van der Waals surface area contributed by atoms with E-state index in [1.54, 1.807) is 12.3 Å². The molecule has 3 aromatic rings. The summed E-state index contributed by atoms with van der Waals surface area (Å²) in [5.41, 5.74) is 2.64. The molecule has 0 radical (unpaired) electrons. The molecule has 0 atom stereocenters. The lowest BCUT2D eigenvalue weighted by molar-refractivity contribution is 0.659. The van der Waals surface area contributed by atoms with E-state index in [9.17, 15) is 4.79 Å². The second kappa shape index (κ2) is 4.57. The number of rotatable bonds is 3. The summed E-state index contributed by atoms with van der Waals surface area (Å²) in [5, 5.41) is 4.30. The third-order valence-electron chi connectivity index (χ3n) is 3.04. The van der Waals surface area contributed by atoms with Crippen LogP contribution in [-0.2, 0) is 6.54 Å². The number of pyridine rings is 1. The molecule has 19 heavy (non-hydrogen) atoms. The second-order valence-electron chi connectivity index (χ2n) is 4.31. The van der Waals surface area contributed by atoms with Gasteiger partial charge in [-0.15, -0.1) is 5.10 Å². The van der Waals surface area contributed by atoms with Crippen LogP contribution in [0.3, 0.4) is 0 Å². The first kappa shape index (κ1) is 11.5. The van der Waals surface area contributed by atoms with E-state index in [4.69, 9.17) is 0 Å². The van der Waals surface area contributed by atoms with Crippen LogP contribution in [0.5, 0.6) is 0 Å². The van der Waals surface area contributed by atoms with Crippen LogP contribution >= 0.6 is 0 Å². The number of benzene rings is 1. The fraction of sp³-hybridized carbons (Fsp3) is 0.0667. The first-order chi connectivity index (χ1) is 9.28. The van der Waals surface area contributed by atoms with Crippen LogP contribution in [0.15, 0.2) is 60.0 Å². The van der Waals surface area contributed by atoms with Crippen molar-refractivity contribution < 1.29 is 0 Å². The molecule has 0 saturated heterocycles. The predicted octanol–water partition coefficient (Wildman–Crippen LogP) is 2.19. The summed E-state index contributed by atoms with van der Waals surface area (Å²) in [6, 6.07) is 13.4. The molecule has 0 aliphatic carbocycles. The number of nitrogens with zero attached hydrogens (tertiary/aromatic N) is 3. The minimum Gasteiger partial charge on any atom is -0.250 e. The molecule has 2 heterocycles. The lowest BCUT2D eigenvalue weighted by atomic mass is 10.1. The fourth-order valence-corrected chi connectivity index (χ4v) is 2.00. The number of hydrogen-bond acceptors (Lipinski definition) is 2.